The molecule has 4 rings (SSSR count). The second kappa shape index (κ2) is 13.1. The molecular formula is C33H28N2O6. The highest BCUT2D eigenvalue weighted by Crippen LogP contribution is 2.40. The van der Waals surface area contributed by atoms with Crippen molar-refractivity contribution in [2.45, 2.75) is 25.9 Å². The number of dihydropyridines is 1. The van der Waals surface area contributed by atoms with E-state index < -0.39 is 28.9 Å². The maximum Gasteiger partial charge on any atom is 0.338 e. The molecule has 41 heavy (non-hydrogen) atoms. The lowest BCUT2D eigenvalue weighted by molar-refractivity contribution is -0.384. The highest BCUT2D eigenvalue weighted by molar-refractivity contribution is 6.00. The van der Waals surface area contributed by atoms with Crippen LogP contribution in [0.25, 0.3) is 6.08 Å². The van der Waals surface area contributed by atoms with E-state index in [1.165, 1.54) is 18.2 Å². The molecule has 0 amide bonds. The van der Waals surface area contributed by atoms with Gasteiger partial charge in [0.25, 0.3) is 5.69 Å². The summed E-state index contributed by atoms with van der Waals surface area (Å²) in [6.45, 7) is 3.32. The van der Waals surface area contributed by atoms with Crippen LogP contribution in [0.5, 0.6) is 0 Å². The van der Waals surface area contributed by atoms with Gasteiger partial charge in [0.1, 0.15) is 6.61 Å². The molecule has 0 fully saturated rings. The van der Waals surface area contributed by atoms with Gasteiger partial charge in [0, 0.05) is 29.1 Å². The molecule has 0 spiro atoms. The molecule has 0 bridgehead atoms. The van der Waals surface area contributed by atoms with E-state index in [-0.39, 0.29) is 23.4 Å². The highest BCUT2D eigenvalue weighted by Gasteiger charge is 2.39. The van der Waals surface area contributed by atoms with Gasteiger partial charge in [-0.15, -0.1) is 6.42 Å². The molecule has 206 valence electrons. The summed E-state index contributed by atoms with van der Waals surface area (Å²) in [5, 5.41) is 14.7. The van der Waals surface area contributed by atoms with Crippen LogP contribution in [0.3, 0.4) is 0 Å². The van der Waals surface area contributed by atoms with Gasteiger partial charge in [-0.25, -0.2) is 9.59 Å². The van der Waals surface area contributed by atoms with E-state index in [1.54, 1.807) is 50.3 Å². The quantitative estimate of drug-likeness (QED) is 0.151. The summed E-state index contributed by atoms with van der Waals surface area (Å²) in [6.07, 6.45) is 8.24. The number of ether oxygens (including phenoxy) is 2. The van der Waals surface area contributed by atoms with E-state index in [1.807, 2.05) is 42.5 Å². The molecular weight excluding hydrogens is 520 g/mol. The van der Waals surface area contributed by atoms with Crippen LogP contribution >= 0.6 is 0 Å². The Kier molecular flexibility index (Phi) is 9.13. The number of nitro groups is 1. The lowest BCUT2D eigenvalue weighted by atomic mass is 9.80. The number of benzene rings is 3. The number of esters is 2. The van der Waals surface area contributed by atoms with Gasteiger partial charge in [-0.3, -0.25) is 10.1 Å². The van der Waals surface area contributed by atoms with Gasteiger partial charge in [-0.1, -0.05) is 84.8 Å². The van der Waals surface area contributed by atoms with Crippen molar-refractivity contribution in [3.63, 3.8) is 0 Å². The summed E-state index contributed by atoms with van der Waals surface area (Å²) in [7, 11) is 0. The Bertz CT molecular complexity index is 1580. The summed E-state index contributed by atoms with van der Waals surface area (Å²) in [5.74, 6) is 0.0294. The van der Waals surface area contributed by atoms with Gasteiger partial charge in [0.05, 0.1) is 22.0 Å². The zero-order valence-corrected chi connectivity index (χ0v) is 22.6. The van der Waals surface area contributed by atoms with Crippen LogP contribution in [0.15, 0.2) is 114 Å². The summed E-state index contributed by atoms with van der Waals surface area (Å²) < 4.78 is 11.3. The summed E-state index contributed by atoms with van der Waals surface area (Å²) >= 11 is 0. The molecule has 0 saturated heterocycles. The average molecular weight is 549 g/mol. The van der Waals surface area contributed by atoms with Crippen LogP contribution in [0.2, 0.25) is 0 Å². The molecule has 1 aliphatic rings. The molecule has 1 N–H and O–H groups in total. The predicted molar refractivity (Wildman–Crippen MR) is 155 cm³/mol. The van der Waals surface area contributed by atoms with E-state index in [2.05, 4.69) is 11.2 Å². The van der Waals surface area contributed by atoms with E-state index in [4.69, 9.17) is 15.9 Å². The maximum absolute atomic E-state index is 13.7. The predicted octanol–water partition coefficient (Wildman–Crippen LogP) is 6.00. The Morgan fingerprint density at radius 2 is 1.61 bits per heavy atom. The van der Waals surface area contributed by atoms with E-state index >= 15 is 0 Å². The van der Waals surface area contributed by atoms with Crippen molar-refractivity contribution in [2.75, 3.05) is 6.61 Å². The molecule has 8 nitrogen and oxygen atoms in total. The second-order valence-electron chi connectivity index (χ2n) is 9.26. The van der Waals surface area contributed by atoms with Gasteiger partial charge in [0.2, 0.25) is 0 Å². The first-order chi connectivity index (χ1) is 19.8. The number of hydrogen-bond donors (Lipinski definition) is 1. The molecule has 0 aromatic heterocycles. The summed E-state index contributed by atoms with van der Waals surface area (Å²) in [5.41, 5.74) is 2.82. The van der Waals surface area contributed by atoms with Crippen LogP contribution in [-0.4, -0.2) is 23.5 Å². The van der Waals surface area contributed by atoms with Crippen LogP contribution in [0, 0.1) is 22.5 Å². The third kappa shape index (κ3) is 6.78. The van der Waals surface area contributed by atoms with Crippen LogP contribution in [-0.2, 0) is 19.1 Å². The van der Waals surface area contributed by atoms with Crippen molar-refractivity contribution in [3.8, 4) is 12.3 Å². The molecule has 3 aromatic rings. The topological polar surface area (TPSA) is 108 Å². The van der Waals surface area contributed by atoms with E-state index in [0.29, 0.717) is 22.5 Å². The van der Waals surface area contributed by atoms with Crippen molar-refractivity contribution in [1.82, 2.24) is 5.32 Å². The fourth-order valence-corrected chi connectivity index (χ4v) is 4.63. The first-order valence-electron chi connectivity index (χ1n) is 12.8. The monoisotopic (exact) mass is 548 g/mol. The molecule has 3 aromatic carbocycles. The first kappa shape index (κ1) is 28.6. The average Bonchev–Trinajstić information content (AvgIpc) is 2.98. The number of hydrogen-bond acceptors (Lipinski definition) is 7. The minimum atomic E-state index is -1.01. The Labute approximate surface area is 238 Å². The molecule has 0 saturated carbocycles. The minimum absolute atomic E-state index is 0.0260. The molecule has 2 atom stereocenters. The highest BCUT2D eigenvalue weighted by atomic mass is 16.6. The maximum atomic E-state index is 13.7. The molecule has 0 aliphatic carbocycles. The lowest BCUT2D eigenvalue weighted by Crippen LogP contribution is -2.33. The Morgan fingerprint density at radius 1 is 0.976 bits per heavy atom. The Balaban J connectivity index is 1.69. The number of rotatable bonds is 9. The van der Waals surface area contributed by atoms with Crippen molar-refractivity contribution in [1.29, 1.82) is 0 Å². The molecule has 8 heteroatoms. The number of carbonyl (C=O) groups excluding carboxylic acids is 2. The fourth-order valence-electron chi connectivity index (χ4n) is 4.63. The number of allylic oxidation sites excluding steroid dienone is 2. The molecule has 1 aliphatic heterocycles. The number of nitrogens with zero attached hydrogens (tertiary/aromatic N) is 1. The van der Waals surface area contributed by atoms with E-state index in [9.17, 15) is 19.7 Å². The smallest absolute Gasteiger partial charge is 0.338 e. The standard InChI is InChI=1S/C33H28N2O6/c1-4-28(25-16-9-6-10-17-25)41-33(37)30-23(3)34-22(2)29(31(30)26-18-11-19-27(21-26)35(38)39)32(36)40-20-12-15-24-13-7-5-8-14-24/h1,5-19,21,28,31,34H,20H2,2-3H3/b15-12+. The van der Waals surface area contributed by atoms with Crippen molar-refractivity contribution < 1.29 is 24.0 Å². The fraction of sp³-hybridized carbons (Fsp3) is 0.152. The third-order valence-corrected chi connectivity index (χ3v) is 6.51. The van der Waals surface area contributed by atoms with Crippen LogP contribution in [0.4, 0.5) is 5.69 Å². The van der Waals surface area contributed by atoms with E-state index in [0.717, 1.165) is 5.56 Å². The lowest BCUT2D eigenvalue weighted by Gasteiger charge is -2.31. The number of nitro benzene ring substituents is 1. The van der Waals surface area contributed by atoms with Crippen molar-refractivity contribution in [2.24, 2.45) is 0 Å². The largest absolute Gasteiger partial charge is 0.458 e. The van der Waals surface area contributed by atoms with Gasteiger partial charge in [-0.2, -0.15) is 0 Å². The molecule has 0 radical (unpaired) electrons. The van der Waals surface area contributed by atoms with Crippen molar-refractivity contribution in [3.05, 3.63) is 140 Å². The van der Waals surface area contributed by atoms with Crippen LogP contribution in [0.1, 0.15) is 42.6 Å². The summed E-state index contributed by atoms with van der Waals surface area (Å²) in [4.78, 5) is 38.3. The minimum Gasteiger partial charge on any atom is -0.458 e. The Morgan fingerprint density at radius 3 is 2.24 bits per heavy atom. The number of nitrogens with one attached hydrogen (secondary N) is 1. The molecule has 2 unspecified atom stereocenters. The third-order valence-electron chi connectivity index (χ3n) is 6.51. The number of non-ortho nitro benzene ring substituents is 1. The number of terminal acetylenes is 1. The Hall–Kier alpha value is -5.42. The normalized spacial score (nSPS) is 15.6. The molecule has 1 heterocycles. The zero-order chi connectivity index (χ0) is 29.4. The van der Waals surface area contributed by atoms with Crippen molar-refractivity contribution >= 4 is 23.7 Å². The second-order valence-corrected chi connectivity index (χ2v) is 9.26. The van der Waals surface area contributed by atoms with Crippen LogP contribution < -0.4 is 5.32 Å². The first-order valence-corrected chi connectivity index (χ1v) is 12.8. The van der Waals surface area contributed by atoms with Gasteiger partial charge in [-0.05, 0) is 31.1 Å². The summed E-state index contributed by atoms with van der Waals surface area (Å²) in [6, 6.07) is 24.2. The zero-order valence-electron chi connectivity index (χ0n) is 22.6. The van der Waals surface area contributed by atoms with Gasteiger partial charge in [0.15, 0.2) is 6.10 Å². The van der Waals surface area contributed by atoms with Gasteiger partial charge < -0.3 is 14.8 Å². The number of carbonyl (C=O) groups is 2. The SMILES string of the molecule is C#CC(OC(=O)C1=C(C)NC(C)=C(C(=O)OC/C=C/c2ccccc2)C1c1cccc([N+](=O)[O-])c1)c1ccccc1. The van der Waals surface area contributed by atoms with Gasteiger partial charge >= 0.3 is 11.9 Å².